The highest BCUT2D eigenvalue weighted by molar-refractivity contribution is 7.45. The van der Waals surface area contributed by atoms with Crippen LogP contribution in [-0.2, 0) is 18.4 Å². The molecule has 8 nitrogen and oxygen atoms in total. The third-order valence-electron chi connectivity index (χ3n) is 10.4. The van der Waals surface area contributed by atoms with Crippen LogP contribution in [0, 0.1) is 0 Å². The maximum Gasteiger partial charge on any atom is 0.268 e. The van der Waals surface area contributed by atoms with Crippen molar-refractivity contribution in [2.75, 3.05) is 40.9 Å². The average molecular weight is 799 g/mol. The number of hydrogen-bond donors (Lipinski definition) is 2. The Labute approximate surface area is 341 Å². The van der Waals surface area contributed by atoms with Gasteiger partial charge in [0.1, 0.15) is 13.2 Å². The lowest BCUT2D eigenvalue weighted by atomic mass is 10.0. The number of carbonyl (C=O) groups excluding carboxylic acids is 1. The van der Waals surface area contributed by atoms with Crippen LogP contribution in [0.2, 0.25) is 0 Å². The number of phosphoric ester groups is 1. The molecule has 0 aliphatic carbocycles. The molecule has 1 amide bonds. The number of amides is 1. The zero-order valence-electron chi connectivity index (χ0n) is 36.9. The monoisotopic (exact) mass is 799 g/mol. The topological polar surface area (TPSA) is 108 Å². The minimum Gasteiger partial charge on any atom is -0.756 e. The van der Waals surface area contributed by atoms with Gasteiger partial charge in [-0.3, -0.25) is 9.36 Å². The third kappa shape index (κ3) is 41.0. The van der Waals surface area contributed by atoms with E-state index < -0.39 is 20.0 Å². The number of rotatable bonds is 42. The van der Waals surface area contributed by atoms with Crippen molar-refractivity contribution in [2.45, 2.75) is 225 Å². The fourth-order valence-corrected chi connectivity index (χ4v) is 7.42. The number of hydrogen-bond acceptors (Lipinski definition) is 6. The van der Waals surface area contributed by atoms with Gasteiger partial charge in [-0.2, -0.15) is 0 Å². The molecule has 0 saturated carbocycles. The van der Waals surface area contributed by atoms with Crippen LogP contribution in [0.15, 0.2) is 24.3 Å². The Hall–Kier alpha value is -1.02. The fraction of sp³-hybridized carbons (Fsp3) is 0.891. The Morgan fingerprint density at radius 1 is 0.618 bits per heavy atom. The Balaban J connectivity index is 4.37. The van der Waals surface area contributed by atoms with E-state index in [1.54, 1.807) is 6.08 Å². The van der Waals surface area contributed by atoms with E-state index in [0.717, 1.165) is 38.5 Å². The fourth-order valence-electron chi connectivity index (χ4n) is 6.70. The first-order valence-electron chi connectivity index (χ1n) is 23.2. The van der Waals surface area contributed by atoms with E-state index in [1.807, 2.05) is 27.2 Å². The van der Waals surface area contributed by atoms with Gasteiger partial charge in [0.05, 0.1) is 39.9 Å². The van der Waals surface area contributed by atoms with E-state index in [-0.39, 0.29) is 19.1 Å². The quantitative estimate of drug-likeness (QED) is 0.0276. The van der Waals surface area contributed by atoms with E-state index in [9.17, 15) is 19.4 Å². The summed E-state index contributed by atoms with van der Waals surface area (Å²) in [5.74, 6) is -0.205. The molecule has 0 heterocycles. The van der Waals surface area contributed by atoms with Gasteiger partial charge in [-0.15, -0.1) is 0 Å². The van der Waals surface area contributed by atoms with Crippen LogP contribution >= 0.6 is 7.82 Å². The number of nitrogens with one attached hydrogen (secondary N) is 1. The molecule has 3 atom stereocenters. The van der Waals surface area contributed by atoms with Gasteiger partial charge in [0.2, 0.25) is 5.91 Å². The Kier molecular flexibility index (Phi) is 37.8. The Bertz CT molecular complexity index is 953. The highest BCUT2D eigenvalue weighted by Gasteiger charge is 2.23. The number of aliphatic hydroxyl groups is 1. The van der Waals surface area contributed by atoms with Crippen LogP contribution in [0.4, 0.5) is 0 Å². The summed E-state index contributed by atoms with van der Waals surface area (Å²) in [7, 11) is 1.25. The van der Waals surface area contributed by atoms with Crippen LogP contribution in [-0.4, -0.2) is 68.5 Å². The predicted molar refractivity (Wildman–Crippen MR) is 233 cm³/mol. The van der Waals surface area contributed by atoms with Crippen LogP contribution in [0.25, 0.3) is 0 Å². The standard InChI is InChI=1S/C46H91N2O6P/c1-6-8-10-12-14-16-18-20-22-23-24-25-26-28-30-32-34-36-38-40-46(50)47-44(43-54-55(51,52)53-42-41-48(3,4)5)45(49)39-37-35-33-31-29-27-21-19-17-15-13-11-9-7-2/h29,31,37,39,44-45,49H,6-28,30,32-36,38,40-43H2,1-5H3,(H-,47,50,51,52)/b31-29+,39-37+/t44-,45+/m0/s1. The summed E-state index contributed by atoms with van der Waals surface area (Å²) in [5, 5.41) is 13.8. The number of aliphatic hydroxyl groups excluding tert-OH is 1. The van der Waals surface area contributed by atoms with Gasteiger partial charge >= 0.3 is 0 Å². The molecular weight excluding hydrogens is 707 g/mol. The summed E-state index contributed by atoms with van der Waals surface area (Å²) < 4.78 is 23.2. The molecule has 55 heavy (non-hydrogen) atoms. The molecule has 1 unspecified atom stereocenters. The van der Waals surface area contributed by atoms with E-state index in [2.05, 4.69) is 31.3 Å². The first kappa shape index (κ1) is 54.0. The van der Waals surface area contributed by atoms with E-state index in [0.29, 0.717) is 17.4 Å². The molecule has 0 aliphatic rings. The normalized spacial score (nSPS) is 14.5. The van der Waals surface area contributed by atoms with Gasteiger partial charge in [0.25, 0.3) is 7.82 Å². The lowest BCUT2D eigenvalue weighted by molar-refractivity contribution is -0.870. The summed E-state index contributed by atoms with van der Waals surface area (Å²) in [5.41, 5.74) is 0. The van der Waals surface area contributed by atoms with Crippen molar-refractivity contribution in [2.24, 2.45) is 0 Å². The van der Waals surface area contributed by atoms with Crippen LogP contribution in [0.1, 0.15) is 213 Å². The molecular formula is C46H91N2O6P. The lowest BCUT2D eigenvalue weighted by Crippen LogP contribution is -2.45. The lowest BCUT2D eigenvalue weighted by Gasteiger charge is -2.29. The smallest absolute Gasteiger partial charge is 0.268 e. The SMILES string of the molecule is CCCCCCCCCC/C=C/CC/C=C/[C@@H](O)[C@H](COP(=O)([O-])OCC[N+](C)(C)C)NC(=O)CCCCCCCCCCCCCCCCCCCCC. The van der Waals surface area contributed by atoms with Crippen molar-refractivity contribution in [1.29, 1.82) is 0 Å². The zero-order chi connectivity index (χ0) is 40.7. The molecule has 0 saturated heterocycles. The highest BCUT2D eigenvalue weighted by atomic mass is 31.2. The molecule has 9 heteroatoms. The molecule has 2 N–H and O–H groups in total. The van der Waals surface area contributed by atoms with Gasteiger partial charge in [-0.1, -0.05) is 199 Å². The van der Waals surface area contributed by atoms with E-state index >= 15 is 0 Å². The minimum absolute atomic E-state index is 0.00424. The molecule has 0 fully saturated rings. The molecule has 326 valence electrons. The average Bonchev–Trinajstić information content (AvgIpc) is 3.13. The summed E-state index contributed by atoms with van der Waals surface area (Å²) >= 11 is 0. The second-order valence-electron chi connectivity index (χ2n) is 17.1. The first-order chi connectivity index (χ1) is 26.5. The zero-order valence-corrected chi connectivity index (χ0v) is 37.8. The number of allylic oxidation sites excluding steroid dienone is 3. The first-order valence-corrected chi connectivity index (χ1v) is 24.7. The number of nitrogens with zero attached hydrogens (tertiary/aromatic N) is 1. The highest BCUT2D eigenvalue weighted by Crippen LogP contribution is 2.38. The number of unbranched alkanes of at least 4 members (excludes halogenated alkanes) is 27. The van der Waals surface area contributed by atoms with Gasteiger partial charge in [-0.05, 0) is 32.1 Å². The van der Waals surface area contributed by atoms with Crippen LogP contribution in [0.5, 0.6) is 0 Å². The molecule has 0 aromatic rings. The van der Waals surface area contributed by atoms with Gasteiger partial charge in [0, 0.05) is 6.42 Å². The number of phosphoric acid groups is 1. The number of likely N-dealkylation sites (N-methyl/N-ethyl adjacent to an activating group) is 1. The molecule has 0 aromatic heterocycles. The second-order valence-corrected chi connectivity index (χ2v) is 18.5. The van der Waals surface area contributed by atoms with Gasteiger partial charge in [0.15, 0.2) is 0 Å². The summed E-state index contributed by atoms with van der Waals surface area (Å²) in [4.78, 5) is 25.3. The molecule has 0 radical (unpaired) electrons. The Morgan fingerprint density at radius 2 is 1.02 bits per heavy atom. The largest absolute Gasteiger partial charge is 0.756 e. The van der Waals surface area contributed by atoms with Crippen molar-refractivity contribution in [3.8, 4) is 0 Å². The number of carbonyl (C=O) groups is 1. The van der Waals surface area contributed by atoms with E-state index in [1.165, 1.54) is 154 Å². The molecule has 0 aliphatic heterocycles. The van der Waals surface area contributed by atoms with Crippen LogP contribution < -0.4 is 10.2 Å². The van der Waals surface area contributed by atoms with Crippen molar-refractivity contribution in [1.82, 2.24) is 5.32 Å². The van der Waals surface area contributed by atoms with Crippen molar-refractivity contribution in [3.63, 3.8) is 0 Å². The predicted octanol–water partition coefficient (Wildman–Crippen LogP) is 12.3. The summed E-state index contributed by atoms with van der Waals surface area (Å²) in [6, 6.07) is -0.897. The van der Waals surface area contributed by atoms with E-state index in [4.69, 9.17) is 9.05 Å². The van der Waals surface area contributed by atoms with Gasteiger partial charge in [-0.25, -0.2) is 0 Å². The maximum absolute atomic E-state index is 12.9. The molecule has 0 spiro atoms. The van der Waals surface area contributed by atoms with Crippen molar-refractivity contribution < 1.29 is 32.9 Å². The van der Waals surface area contributed by atoms with Gasteiger partial charge < -0.3 is 28.8 Å². The second kappa shape index (κ2) is 38.5. The molecule has 0 bridgehead atoms. The third-order valence-corrected chi connectivity index (χ3v) is 11.4. The van der Waals surface area contributed by atoms with Crippen molar-refractivity contribution in [3.05, 3.63) is 24.3 Å². The Morgan fingerprint density at radius 3 is 1.47 bits per heavy atom. The van der Waals surface area contributed by atoms with Crippen molar-refractivity contribution >= 4 is 13.7 Å². The minimum atomic E-state index is -4.59. The number of quaternary nitrogens is 1. The maximum atomic E-state index is 12.9. The molecule has 0 aromatic carbocycles. The van der Waals surface area contributed by atoms with Crippen LogP contribution in [0.3, 0.4) is 0 Å². The molecule has 0 rings (SSSR count). The summed E-state index contributed by atoms with van der Waals surface area (Å²) in [6.07, 6.45) is 45.1. The summed E-state index contributed by atoms with van der Waals surface area (Å²) in [6.45, 7) is 4.63.